The van der Waals surface area contributed by atoms with Crippen LogP contribution in [0.2, 0.25) is 0 Å². The zero-order chi connectivity index (χ0) is 13.1. The SMILES string of the molecule is CCCCc1cc(O)ccc1C(=O)P(=O)(O)O. The van der Waals surface area contributed by atoms with E-state index < -0.39 is 13.1 Å². The number of rotatable bonds is 5. The highest BCUT2D eigenvalue weighted by Crippen LogP contribution is 2.40. The van der Waals surface area contributed by atoms with E-state index in [4.69, 9.17) is 9.79 Å². The monoisotopic (exact) mass is 258 g/mol. The van der Waals surface area contributed by atoms with Gasteiger partial charge < -0.3 is 14.9 Å². The average molecular weight is 258 g/mol. The van der Waals surface area contributed by atoms with E-state index in [1.54, 1.807) is 0 Å². The average Bonchev–Trinajstić information content (AvgIpc) is 2.24. The molecule has 0 aliphatic carbocycles. The van der Waals surface area contributed by atoms with Gasteiger partial charge in [0.15, 0.2) is 0 Å². The molecule has 0 aromatic heterocycles. The number of unbranched alkanes of at least 4 members (excludes halogenated alkanes) is 1. The summed E-state index contributed by atoms with van der Waals surface area (Å²) in [5.74, 6) is -0.0154. The van der Waals surface area contributed by atoms with Crippen LogP contribution < -0.4 is 0 Å². The van der Waals surface area contributed by atoms with Gasteiger partial charge in [-0.1, -0.05) is 13.3 Å². The van der Waals surface area contributed by atoms with Crippen molar-refractivity contribution in [3.05, 3.63) is 29.3 Å². The lowest BCUT2D eigenvalue weighted by Crippen LogP contribution is -2.04. The molecule has 1 rings (SSSR count). The first kappa shape index (κ1) is 13.9. The number of hydrogen-bond donors (Lipinski definition) is 3. The molecule has 17 heavy (non-hydrogen) atoms. The zero-order valence-electron chi connectivity index (χ0n) is 9.46. The van der Waals surface area contributed by atoms with Gasteiger partial charge in [-0.15, -0.1) is 0 Å². The van der Waals surface area contributed by atoms with Gasteiger partial charge in [-0.05, 0) is 36.6 Å². The van der Waals surface area contributed by atoms with E-state index in [1.807, 2.05) is 6.92 Å². The molecule has 0 saturated heterocycles. The van der Waals surface area contributed by atoms with Crippen molar-refractivity contribution in [3.63, 3.8) is 0 Å². The van der Waals surface area contributed by atoms with E-state index in [0.717, 1.165) is 12.8 Å². The second-order valence-electron chi connectivity index (χ2n) is 3.79. The standard InChI is InChI=1S/C11H15O5P/c1-2-3-4-8-7-9(12)5-6-10(8)11(13)17(14,15)16/h5-7,12H,2-4H2,1H3,(H2,14,15,16). The lowest BCUT2D eigenvalue weighted by atomic mass is 10.0. The summed E-state index contributed by atoms with van der Waals surface area (Å²) < 4.78 is 10.9. The van der Waals surface area contributed by atoms with Gasteiger partial charge >= 0.3 is 7.60 Å². The highest BCUT2D eigenvalue weighted by atomic mass is 31.2. The number of carbonyl (C=O) groups is 1. The Kier molecular flexibility index (Phi) is 4.46. The summed E-state index contributed by atoms with van der Waals surface area (Å²) >= 11 is 0. The van der Waals surface area contributed by atoms with Gasteiger partial charge in [0.05, 0.1) is 0 Å². The van der Waals surface area contributed by atoms with Crippen LogP contribution in [0.3, 0.4) is 0 Å². The predicted octanol–water partition coefficient (Wildman–Crippen LogP) is 2.05. The number of benzene rings is 1. The minimum Gasteiger partial charge on any atom is -0.508 e. The molecule has 0 heterocycles. The molecular weight excluding hydrogens is 243 g/mol. The molecule has 0 fully saturated rings. The fourth-order valence-electron chi connectivity index (χ4n) is 1.52. The summed E-state index contributed by atoms with van der Waals surface area (Å²) in [7, 11) is -4.77. The third-order valence-electron chi connectivity index (χ3n) is 2.38. The number of aromatic hydroxyl groups is 1. The molecule has 5 nitrogen and oxygen atoms in total. The van der Waals surface area contributed by atoms with E-state index in [1.165, 1.54) is 18.2 Å². The third kappa shape index (κ3) is 3.66. The molecule has 0 aliphatic heterocycles. The van der Waals surface area contributed by atoms with Crippen LogP contribution in [0.1, 0.15) is 35.7 Å². The first-order valence-electron chi connectivity index (χ1n) is 5.28. The third-order valence-corrected chi connectivity index (χ3v) is 3.15. The molecule has 0 spiro atoms. The Bertz CT molecular complexity index is 463. The maximum absolute atomic E-state index is 11.5. The van der Waals surface area contributed by atoms with Gasteiger partial charge in [-0.2, -0.15) is 0 Å². The molecule has 94 valence electrons. The van der Waals surface area contributed by atoms with E-state index in [0.29, 0.717) is 12.0 Å². The molecule has 0 bridgehead atoms. The topological polar surface area (TPSA) is 94.8 Å². The Labute approximate surface area is 99.3 Å². The molecule has 0 amide bonds. The van der Waals surface area contributed by atoms with Crippen LogP contribution in [0, 0.1) is 0 Å². The van der Waals surface area contributed by atoms with Crippen LogP contribution >= 0.6 is 7.60 Å². The first-order chi connectivity index (χ1) is 7.86. The van der Waals surface area contributed by atoms with E-state index in [9.17, 15) is 14.5 Å². The number of hydrogen-bond acceptors (Lipinski definition) is 3. The van der Waals surface area contributed by atoms with Crippen molar-refractivity contribution in [1.82, 2.24) is 0 Å². The van der Waals surface area contributed by atoms with Gasteiger partial charge in [0, 0.05) is 5.56 Å². The molecule has 0 radical (unpaired) electrons. The Morgan fingerprint density at radius 3 is 2.53 bits per heavy atom. The van der Waals surface area contributed by atoms with Crippen LogP contribution in [-0.2, 0) is 11.0 Å². The summed E-state index contributed by atoms with van der Waals surface area (Å²) in [6.07, 6.45) is 2.18. The van der Waals surface area contributed by atoms with Crippen LogP contribution in [0.4, 0.5) is 0 Å². The van der Waals surface area contributed by atoms with E-state index in [2.05, 4.69) is 0 Å². The van der Waals surface area contributed by atoms with Gasteiger partial charge in [0.1, 0.15) is 5.75 Å². The number of carbonyl (C=O) groups excluding carboxylic acids is 1. The molecule has 3 N–H and O–H groups in total. The Morgan fingerprint density at radius 2 is 2.00 bits per heavy atom. The number of phenolic OH excluding ortho intramolecular Hbond substituents is 1. The van der Waals surface area contributed by atoms with Crippen molar-refractivity contribution in [2.24, 2.45) is 0 Å². The van der Waals surface area contributed by atoms with Crippen molar-refractivity contribution < 1.29 is 24.3 Å². The largest absolute Gasteiger partial charge is 0.508 e. The van der Waals surface area contributed by atoms with Crippen molar-refractivity contribution in [2.75, 3.05) is 0 Å². The molecule has 6 heteroatoms. The second kappa shape index (κ2) is 5.45. The van der Waals surface area contributed by atoms with Crippen molar-refractivity contribution >= 4 is 13.1 Å². The van der Waals surface area contributed by atoms with Crippen LogP contribution in [0.25, 0.3) is 0 Å². The van der Waals surface area contributed by atoms with Crippen LogP contribution in [0.5, 0.6) is 5.75 Å². The molecular formula is C11H15O5P. The highest BCUT2D eigenvalue weighted by molar-refractivity contribution is 7.70. The van der Waals surface area contributed by atoms with Gasteiger partial charge in [-0.25, -0.2) is 0 Å². The number of phenols is 1. The van der Waals surface area contributed by atoms with Crippen LogP contribution in [-0.4, -0.2) is 20.4 Å². The summed E-state index contributed by atoms with van der Waals surface area (Å²) in [4.78, 5) is 29.2. The Hall–Kier alpha value is -1.16. The second-order valence-corrected chi connectivity index (χ2v) is 5.29. The Morgan fingerprint density at radius 1 is 1.35 bits per heavy atom. The maximum Gasteiger partial charge on any atom is 0.396 e. The smallest absolute Gasteiger partial charge is 0.396 e. The van der Waals surface area contributed by atoms with Crippen molar-refractivity contribution in [2.45, 2.75) is 26.2 Å². The summed E-state index contributed by atoms with van der Waals surface area (Å²) in [5.41, 5.74) is -0.728. The fourth-order valence-corrected chi connectivity index (χ4v) is 2.05. The molecule has 0 aliphatic rings. The summed E-state index contributed by atoms with van der Waals surface area (Å²) in [6, 6.07) is 3.87. The maximum atomic E-state index is 11.5. The molecule has 1 aromatic rings. The minimum atomic E-state index is -4.77. The van der Waals surface area contributed by atoms with Gasteiger partial charge in [0.25, 0.3) is 5.52 Å². The van der Waals surface area contributed by atoms with Crippen molar-refractivity contribution in [1.29, 1.82) is 0 Å². The Balaban J connectivity index is 3.14. The van der Waals surface area contributed by atoms with E-state index >= 15 is 0 Å². The molecule has 0 unspecified atom stereocenters. The van der Waals surface area contributed by atoms with E-state index in [-0.39, 0.29) is 11.3 Å². The molecule has 0 saturated carbocycles. The van der Waals surface area contributed by atoms with Gasteiger partial charge in [-0.3, -0.25) is 9.36 Å². The lowest BCUT2D eigenvalue weighted by Gasteiger charge is -2.09. The predicted molar refractivity (Wildman–Crippen MR) is 63.1 cm³/mol. The summed E-state index contributed by atoms with van der Waals surface area (Å²) in [5, 5.41) is 9.32. The molecule has 0 atom stereocenters. The normalized spacial score (nSPS) is 11.5. The summed E-state index contributed by atoms with van der Waals surface area (Å²) in [6.45, 7) is 1.97. The van der Waals surface area contributed by atoms with Crippen molar-refractivity contribution in [3.8, 4) is 5.75 Å². The highest BCUT2D eigenvalue weighted by Gasteiger charge is 2.29. The van der Waals surface area contributed by atoms with Crippen LogP contribution in [0.15, 0.2) is 18.2 Å². The van der Waals surface area contributed by atoms with Gasteiger partial charge in [0.2, 0.25) is 0 Å². The number of aryl methyl sites for hydroxylation is 1. The molecule has 1 aromatic carbocycles. The fraction of sp³-hybridized carbons (Fsp3) is 0.364. The first-order valence-corrected chi connectivity index (χ1v) is 6.89. The minimum absolute atomic E-state index is 0.00965. The zero-order valence-corrected chi connectivity index (χ0v) is 10.4. The quantitative estimate of drug-likeness (QED) is 0.702. The lowest BCUT2D eigenvalue weighted by molar-refractivity contribution is 0.104.